The van der Waals surface area contributed by atoms with Gasteiger partial charge in [0.15, 0.2) is 0 Å². The van der Waals surface area contributed by atoms with Crippen molar-refractivity contribution in [1.29, 1.82) is 0 Å². The third-order valence-corrected chi connectivity index (χ3v) is 10.9. The van der Waals surface area contributed by atoms with Gasteiger partial charge in [0.2, 0.25) is 5.95 Å². The third kappa shape index (κ3) is 9.53. The lowest BCUT2D eigenvalue weighted by molar-refractivity contribution is 0.127. The Morgan fingerprint density at radius 3 is 1.33 bits per heavy atom. The molecule has 1 radical (unpaired) electrons. The van der Waals surface area contributed by atoms with Gasteiger partial charge in [-0.1, -0.05) is 83.0 Å². The van der Waals surface area contributed by atoms with Gasteiger partial charge in [-0.25, -0.2) is 0 Å². The first kappa shape index (κ1) is 35.5. The van der Waals surface area contributed by atoms with Crippen LogP contribution >= 0.6 is 0 Å². The van der Waals surface area contributed by atoms with Crippen molar-refractivity contribution < 1.29 is 25.8 Å². The Hall–Kier alpha value is -1.51. The highest BCUT2D eigenvalue weighted by molar-refractivity contribution is 7.91. The van der Waals surface area contributed by atoms with Crippen LogP contribution in [0.3, 0.4) is 0 Å². The zero-order valence-corrected chi connectivity index (χ0v) is 25.8. The maximum absolute atomic E-state index is 16.3. The fourth-order valence-corrected chi connectivity index (χ4v) is 7.35. The van der Waals surface area contributed by atoms with Crippen LogP contribution in [-0.4, -0.2) is 62.9 Å². The minimum Gasteiger partial charge on any atom is -0.354 e. The number of aromatic nitrogens is 3. The topological polar surface area (TPSA) is 119 Å². The Morgan fingerprint density at radius 2 is 1.00 bits per heavy atom. The number of rotatable bonds is 22. The summed E-state index contributed by atoms with van der Waals surface area (Å²) in [4.78, 5) is 11.6. The molecular formula is C25H49F2N6O4S2+2. The lowest BCUT2D eigenvalue weighted by Gasteiger charge is -2.24. The molecule has 14 heteroatoms. The normalized spacial score (nSPS) is 15.6. The molecule has 0 aromatic carbocycles. The van der Waals surface area contributed by atoms with Crippen molar-refractivity contribution in [3.05, 3.63) is 6.92 Å². The van der Waals surface area contributed by atoms with E-state index in [2.05, 4.69) is 41.0 Å². The van der Waals surface area contributed by atoms with E-state index in [4.69, 9.17) is 0 Å². The number of unbranched alkanes of at least 4 members (excludes halogenated alkanes) is 10. The Kier molecular flexibility index (Phi) is 15.2. The quantitative estimate of drug-likeness (QED) is 0.129. The zero-order valence-electron chi connectivity index (χ0n) is 24.2. The highest BCUT2D eigenvalue weighted by Gasteiger charge is 2.53. The van der Waals surface area contributed by atoms with Crippen LogP contribution in [0.15, 0.2) is 0 Å². The third-order valence-electron chi connectivity index (χ3n) is 6.70. The molecule has 1 rings (SSSR count). The fraction of sp³-hybridized carbons (Fsp3) is 0.840. The first-order chi connectivity index (χ1) is 18.4. The number of hydrogen-bond acceptors (Lipinski definition) is 8. The molecule has 10 nitrogen and oxygen atoms in total. The molecule has 1 aromatic heterocycles. The Bertz CT molecular complexity index is 1000. The highest BCUT2D eigenvalue weighted by atomic mass is 32.2. The summed E-state index contributed by atoms with van der Waals surface area (Å²) < 4.78 is 80.8. The maximum Gasteiger partial charge on any atom is 0.394 e. The van der Waals surface area contributed by atoms with Gasteiger partial charge in [-0.05, 0) is 33.6 Å². The van der Waals surface area contributed by atoms with Crippen molar-refractivity contribution in [3.8, 4) is 0 Å². The summed E-state index contributed by atoms with van der Waals surface area (Å²) in [7, 11) is -8.97. The van der Waals surface area contributed by atoms with Crippen molar-refractivity contribution in [3.63, 3.8) is 0 Å². The number of anilines is 1. The standard InChI is InChI=1S/C25H49F2N6O4S2/c1-6-11-13-15-17-19-21-38(34,35)32(26,9-4)24-29-23(28-8-3)30-25(31-24)33(27,10-5)39(36,37)22-20-18-16-14-12-7-2/h3,6-22H2,1-2,4-5H3,(H,28,29,30,31)/q+2. The molecule has 0 bridgehead atoms. The van der Waals surface area contributed by atoms with E-state index in [1.165, 1.54) is 13.8 Å². The second-order valence-corrected chi connectivity index (χ2v) is 14.0. The average Bonchev–Trinajstić information content (AvgIpc) is 2.91. The number of hydrogen-bond donors (Lipinski definition) is 1. The molecular weight excluding hydrogens is 550 g/mol. The second kappa shape index (κ2) is 16.7. The Labute approximate surface area is 234 Å². The fourth-order valence-electron chi connectivity index (χ4n) is 4.19. The molecule has 0 aliphatic rings. The molecule has 0 fully saturated rings. The Morgan fingerprint density at radius 1 is 0.641 bits per heavy atom. The number of nitrogens with one attached hydrogen (secondary N) is 1. The highest BCUT2D eigenvalue weighted by Crippen LogP contribution is 2.33. The minimum atomic E-state index is -4.48. The number of sulfonamides is 2. The minimum absolute atomic E-state index is 0.00867. The van der Waals surface area contributed by atoms with Gasteiger partial charge in [-0.2, -0.15) is 16.8 Å². The van der Waals surface area contributed by atoms with Crippen LogP contribution < -0.4 is 13.5 Å². The Balaban J connectivity index is 3.36. The van der Waals surface area contributed by atoms with Crippen LogP contribution in [0, 0.1) is 6.92 Å². The summed E-state index contributed by atoms with van der Waals surface area (Å²) in [5.41, 5.74) is 0. The van der Waals surface area contributed by atoms with E-state index < -0.39 is 64.8 Å². The zero-order chi connectivity index (χ0) is 29.6. The SMILES string of the molecule is [CH2]CNc1nc([N+](F)(CC)S(=O)(=O)CCCCCCCC)nc([N+](F)(CC)S(=O)(=O)CCCCCCCC)n1. The molecule has 0 aliphatic heterocycles. The van der Waals surface area contributed by atoms with E-state index >= 15 is 8.96 Å². The largest absolute Gasteiger partial charge is 0.394 e. The van der Waals surface area contributed by atoms with Crippen molar-refractivity contribution >= 4 is 37.9 Å². The predicted molar refractivity (Wildman–Crippen MR) is 155 cm³/mol. The van der Waals surface area contributed by atoms with Crippen LogP contribution in [0.1, 0.15) is 105 Å². The molecule has 227 valence electrons. The van der Waals surface area contributed by atoms with E-state index in [-0.39, 0.29) is 25.3 Å². The van der Waals surface area contributed by atoms with Gasteiger partial charge in [0.25, 0.3) is 0 Å². The van der Waals surface area contributed by atoms with Gasteiger partial charge in [0.1, 0.15) is 24.6 Å². The molecule has 2 unspecified atom stereocenters. The summed E-state index contributed by atoms with van der Waals surface area (Å²) >= 11 is 0. The molecule has 0 amide bonds. The molecule has 2 atom stereocenters. The van der Waals surface area contributed by atoms with Crippen LogP contribution in [0.5, 0.6) is 0 Å². The molecule has 1 heterocycles. The number of halogens is 2. The molecule has 0 aliphatic carbocycles. The van der Waals surface area contributed by atoms with E-state index in [0.717, 1.165) is 51.4 Å². The first-order valence-corrected chi connectivity index (χ1v) is 17.5. The summed E-state index contributed by atoms with van der Waals surface area (Å²) in [5, 5.41) is 2.61. The molecule has 0 saturated heterocycles. The molecule has 1 N–H and O–H groups in total. The molecule has 1 aromatic rings. The summed E-state index contributed by atoms with van der Waals surface area (Å²) in [5.74, 6) is -3.03. The smallest absolute Gasteiger partial charge is 0.354 e. The van der Waals surface area contributed by atoms with Crippen LogP contribution in [0.2, 0.25) is 0 Å². The molecule has 0 saturated carbocycles. The lowest BCUT2D eigenvalue weighted by Crippen LogP contribution is -2.51. The number of nitrogens with zero attached hydrogens (tertiary/aromatic N) is 5. The van der Waals surface area contributed by atoms with Gasteiger partial charge in [0.05, 0.1) is 0 Å². The summed E-state index contributed by atoms with van der Waals surface area (Å²) in [6.45, 7) is 9.20. The molecule has 39 heavy (non-hydrogen) atoms. The maximum atomic E-state index is 16.3. The average molecular weight is 600 g/mol. The van der Waals surface area contributed by atoms with Gasteiger partial charge in [0, 0.05) is 23.7 Å². The second-order valence-electron chi connectivity index (χ2n) is 9.73. The van der Waals surface area contributed by atoms with Crippen molar-refractivity contribution in [1.82, 2.24) is 23.2 Å². The predicted octanol–water partition coefficient (Wildman–Crippen LogP) is 5.92. The van der Waals surface area contributed by atoms with E-state index in [1.807, 2.05) is 0 Å². The van der Waals surface area contributed by atoms with E-state index in [1.54, 1.807) is 0 Å². The van der Waals surface area contributed by atoms with Crippen molar-refractivity contribution in [2.75, 3.05) is 36.5 Å². The van der Waals surface area contributed by atoms with Crippen molar-refractivity contribution in [2.45, 2.75) is 105 Å². The van der Waals surface area contributed by atoms with E-state index in [9.17, 15) is 16.8 Å². The summed E-state index contributed by atoms with van der Waals surface area (Å²) in [6, 6.07) is 0. The van der Waals surface area contributed by atoms with Crippen molar-refractivity contribution in [2.24, 2.45) is 0 Å². The van der Waals surface area contributed by atoms with Gasteiger partial charge >= 0.3 is 31.9 Å². The van der Waals surface area contributed by atoms with Crippen LogP contribution in [0.25, 0.3) is 0 Å². The van der Waals surface area contributed by atoms with Crippen LogP contribution in [0.4, 0.5) is 26.8 Å². The monoisotopic (exact) mass is 599 g/mol. The van der Waals surface area contributed by atoms with E-state index in [0.29, 0.717) is 12.8 Å². The molecule has 0 spiro atoms. The number of quaternary nitrogens is 2. The van der Waals surface area contributed by atoms with Crippen LogP contribution in [-0.2, 0) is 20.0 Å². The van der Waals surface area contributed by atoms with Gasteiger partial charge in [-0.15, -0.1) is 9.97 Å². The lowest BCUT2D eigenvalue weighted by atomic mass is 10.1. The van der Waals surface area contributed by atoms with Gasteiger partial charge in [-0.3, -0.25) is 0 Å². The van der Waals surface area contributed by atoms with Gasteiger partial charge < -0.3 is 5.32 Å². The summed E-state index contributed by atoms with van der Waals surface area (Å²) in [6.07, 6.45) is 9.55. The first-order valence-electron chi connectivity index (χ1n) is 14.3.